The first-order chi connectivity index (χ1) is 19.5. The van der Waals surface area contributed by atoms with Gasteiger partial charge in [-0.05, 0) is 45.9 Å². The summed E-state index contributed by atoms with van der Waals surface area (Å²) in [5.41, 5.74) is 16.8. The van der Waals surface area contributed by atoms with Crippen LogP contribution in [0.1, 0.15) is 26.2 Å². The number of aliphatic hydroxyl groups excluding tert-OH is 5. The van der Waals surface area contributed by atoms with E-state index in [4.69, 9.17) is 31.4 Å². The second-order valence-electron chi connectivity index (χ2n) is 11.6. The van der Waals surface area contributed by atoms with Crippen molar-refractivity contribution in [1.82, 2.24) is 16.0 Å². The average molecular weight is 593 g/mol. The quantitative estimate of drug-likeness (QED) is 0.0899. The molecule has 1 saturated heterocycles. The highest BCUT2D eigenvalue weighted by Gasteiger charge is 2.53. The average Bonchev–Trinajstić information content (AvgIpc) is 2.94. The molecule has 15 nitrogen and oxygen atoms in total. The second kappa shape index (κ2) is 15.6. The molecule has 0 aromatic heterocycles. The van der Waals surface area contributed by atoms with Gasteiger partial charge in [-0.25, -0.2) is 0 Å². The molecular formula is C26H52N6O9. The van der Waals surface area contributed by atoms with E-state index in [0.717, 1.165) is 0 Å². The molecule has 2 fully saturated rings. The largest absolute Gasteiger partial charge is 0.492 e. The lowest BCUT2D eigenvalue weighted by Gasteiger charge is -2.51. The summed E-state index contributed by atoms with van der Waals surface area (Å²) in [5.74, 6) is -0.124. The summed E-state index contributed by atoms with van der Waals surface area (Å²) < 4.78 is 18.2. The molecule has 41 heavy (non-hydrogen) atoms. The summed E-state index contributed by atoms with van der Waals surface area (Å²) in [4.78, 5) is 0. The maximum Gasteiger partial charge on any atom is 0.185 e. The summed E-state index contributed by atoms with van der Waals surface area (Å²) in [6.45, 7) is 1.43. The molecule has 0 radical (unpaired) electrons. The minimum absolute atomic E-state index is 0.131. The molecule has 0 bridgehead atoms. The first kappa shape index (κ1) is 34.5. The molecule has 15 N–H and O–H groups in total. The van der Waals surface area contributed by atoms with Crippen LogP contribution in [0.3, 0.4) is 0 Å². The molecule has 0 aromatic carbocycles. The van der Waals surface area contributed by atoms with Crippen molar-refractivity contribution in [2.45, 2.75) is 98.8 Å². The number of aliphatic hydroxyl groups is 6. The Morgan fingerprint density at radius 2 is 1.88 bits per heavy atom. The van der Waals surface area contributed by atoms with Gasteiger partial charge in [-0.3, -0.25) is 0 Å². The second-order valence-corrected chi connectivity index (χ2v) is 11.6. The molecule has 0 spiro atoms. The van der Waals surface area contributed by atoms with Crippen LogP contribution in [0.2, 0.25) is 0 Å². The fraction of sp³-hybridized carbons (Fsp3) is 0.923. The van der Waals surface area contributed by atoms with Crippen molar-refractivity contribution in [2.75, 3.05) is 46.5 Å². The van der Waals surface area contributed by atoms with Crippen molar-refractivity contribution in [1.29, 1.82) is 0 Å². The summed E-state index contributed by atoms with van der Waals surface area (Å²) in [6, 6.07) is -3.05. The maximum atomic E-state index is 11.9. The van der Waals surface area contributed by atoms with Crippen LogP contribution in [-0.4, -0.2) is 150 Å². The Balaban J connectivity index is 1.89. The fourth-order valence-electron chi connectivity index (χ4n) is 6.21. The smallest absolute Gasteiger partial charge is 0.185 e. The lowest BCUT2D eigenvalue weighted by Crippen LogP contribution is -2.70. The van der Waals surface area contributed by atoms with Gasteiger partial charge >= 0.3 is 0 Å². The van der Waals surface area contributed by atoms with E-state index in [2.05, 4.69) is 16.0 Å². The van der Waals surface area contributed by atoms with Gasteiger partial charge in [-0.1, -0.05) is 0 Å². The van der Waals surface area contributed by atoms with Gasteiger partial charge in [0.05, 0.1) is 50.7 Å². The van der Waals surface area contributed by atoms with Gasteiger partial charge in [0.25, 0.3) is 0 Å². The molecule has 0 aromatic rings. The van der Waals surface area contributed by atoms with Gasteiger partial charge in [-0.15, -0.1) is 0 Å². The van der Waals surface area contributed by atoms with Crippen molar-refractivity contribution in [3.8, 4) is 0 Å². The van der Waals surface area contributed by atoms with Crippen LogP contribution >= 0.6 is 0 Å². The molecule has 1 saturated carbocycles. The Kier molecular flexibility index (Phi) is 13.1. The van der Waals surface area contributed by atoms with E-state index in [9.17, 15) is 30.6 Å². The number of rotatable bonds is 14. The normalized spacial score (nSPS) is 40.7. The van der Waals surface area contributed by atoms with Crippen molar-refractivity contribution >= 4 is 0 Å². The van der Waals surface area contributed by atoms with Gasteiger partial charge in [0, 0.05) is 30.6 Å². The van der Waals surface area contributed by atoms with E-state index in [-0.39, 0.29) is 45.4 Å². The van der Waals surface area contributed by atoms with E-state index in [1.165, 1.54) is 6.92 Å². The SMILES string of the molecule is CN[C@@H]1[C@@H](O)[C@@H](O[C@H]2[C@H](NC(CO)CO)C[C@H](N)C([C@H]3OC(CN)=CC[C@H]3NCC(O)CCN)[C@@H]2O)OC[C@]1(C)O. The zero-order chi connectivity index (χ0) is 30.3. The monoisotopic (exact) mass is 592 g/mol. The van der Waals surface area contributed by atoms with E-state index < -0.39 is 72.5 Å². The van der Waals surface area contributed by atoms with Crippen LogP contribution in [0.5, 0.6) is 0 Å². The molecule has 2 heterocycles. The first-order valence-electron chi connectivity index (χ1n) is 14.4. The van der Waals surface area contributed by atoms with E-state index in [0.29, 0.717) is 25.1 Å². The molecule has 12 atom stereocenters. The van der Waals surface area contributed by atoms with Gasteiger partial charge in [-0.2, -0.15) is 0 Å². The van der Waals surface area contributed by atoms with Crippen LogP contribution in [0.4, 0.5) is 0 Å². The highest BCUT2D eigenvalue weighted by molar-refractivity contribution is 5.11. The highest BCUT2D eigenvalue weighted by Crippen LogP contribution is 2.37. The minimum atomic E-state index is -1.37. The third-order valence-electron chi connectivity index (χ3n) is 8.45. The molecule has 0 amide bonds. The lowest BCUT2D eigenvalue weighted by molar-refractivity contribution is -0.298. The summed E-state index contributed by atoms with van der Waals surface area (Å²) in [7, 11) is 1.60. The van der Waals surface area contributed by atoms with Crippen molar-refractivity contribution in [3.05, 3.63) is 11.8 Å². The van der Waals surface area contributed by atoms with Crippen molar-refractivity contribution in [2.24, 2.45) is 23.1 Å². The van der Waals surface area contributed by atoms with Crippen LogP contribution in [0.25, 0.3) is 0 Å². The topological polar surface area (TPSA) is 263 Å². The lowest BCUT2D eigenvalue weighted by atomic mass is 9.72. The number of nitrogens with two attached hydrogens (primary N) is 3. The zero-order valence-corrected chi connectivity index (χ0v) is 24.0. The van der Waals surface area contributed by atoms with E-state index >= 15 is 0 Å². The van der Waals surface area contributed by atoms with Gasteiger partial charge in [0.2, 0.25) is 0 Å². The van der Waals surface area contributed by atoms with Gasteiger partial charge in [0.15, 0.2) is 6.29 Å². The Labute approximate surface area is 241 Å². The third kappa shape index (κ3) is 8.33. The fourth-order valence-corrected chi connectivity index (χ4v) is 6.21. The summed E-state index contributed by atoms with van der Waals surface area (Å²) >= 11 is 0. The standard InChI is InChI=1S/C26H52N6O9/c1-26(38)12-39-25(21(37)24(26)30-2)41-23-18(32-13(10-33)11-34)7-16(29)19(20(23)36)22-17(4-3-15(8-28)40-22)31-9-14(35)5-6-27/h3,13-14,16-25,30-38H,4-12,27-29H2,1-2H3/t14?,16-,17+,18+,19?,20-,21+,22-,23-,24+,25+,26-/m0/s1. The van der Waals surface area contributed by atoms with Crippen molar-refractivity contribution in [3.63, 3.8) is 0 Å². The molecule has 2 aliphatic heterocycles. The van der Waals surface area contributed by atoms with Gasteiger partial charge < -0.3 is 78.0 Å². The third-order valence-corrected chi connectivity index (χ3v) is 8.45. The zero-order valence-electron chi connectivity index (χ0n) is 24.0. The summed E-state index contributed by atoms with van der Waals surface area (Å²) in [5, 5.41) is 72.6. The Morgan fingerprint density at radius 1 is 1.17 bits per heavy atom. The number of hydrogen-bond donors (Lipinski definition) is 12. The predicted molar refractivity (Wildman–Crippen MR) is 149 cm³/mol. The Morgan fingerprint density at radius 3 is 2.49 bits per heavy atom. The molecular weight excluding hydrogens is 540 g/mol. The summed E-state index contributed by atoms with van der Waals surface area (Å²) in [6.07, 6.45) is -2.98. The van der Waals surface area contributed by atoms with Crippen molar-refractivity contribution < 1.29 is 44.8 Å². The first-order valence-corrected chi connectivity index (χ1v) is 14.4. The maximum absolute atomic E-state index is 11.9. The number of ether oxygens (including phenoxy) is 3. The van der Waals surface area contributed by atoms with Crippen LogP contribution in [0, 0.1) is 5.92 Å². The highest BCUT2D eigenvalue weighted by atomic mass is 16.7. The molecule has 1 aliphatic carbocycles. The predicted octanol–water partition coefficient (Wildman–Crippen LogP) is -5.25. The number of likely N-dealkylation sites (N-methyl/N-ethyl adjacent to an activating group) is 1. The molecule has 2 unspecified atom stereocenters. The van der Waals surface area contributed by atoms with Crippen LogP contribution < -0.4 is 33.2 Å². The minimum Gasteiger partial charge on any atom is -0.492 e. The molecule has 15 heteroatoms. The van der Waals surface area contributed by atoms with E-state index in [1.54, 1.807) is 7.05 Å². The molecule has 240 valence electrons. The Hall–Kier alpha value is -1.02. The molecule has 3 aliphatic rings. The van der Waals surface area contributed by atoms with Gasteiger partial charge in [0.1, 0.15) is 29.7 Å². The number of nitrogens with one attached hydrogen (secondary N) is 3. The Bertz CT molecular complexity index is 822. The van der Waals surface area contributed by atoms with Crippen LogP contribution in [-0.2, 0) is 14.2 Å². The van der Waals surface area contributed by atoms with E-state index in [1.807, 2.05) is 6.08 Å². The van der Waals surface area contributed by atoms with Crippen LogP contribution in [0.15, 0.2) is 11.8 Å². The molecule has 3 rings (SSSR count). The number of hydrogen-bond acceptors (Lipinski definition) is 15.